The molecule has 1 aromatic heterocycles. The summed E-state index contributed by atoms with van der Waals surface area (Å²) in [7, 11) is 0. The molecule has 1 aromatic carbocycles. The van der Waals surface area contributed by atoms with E-state index in [9.17, 15) is 9.59 Å². The first-order chi connectivity index (χ1) is 8.58. The van der Waals surface area contributed by atoms with Crippen molar-refractivity contribution in [2.75, 3.05) is 5.32 Å². The Kier molecular flexibility index (Phi) is 3.29. The lowest BCUT2D eigenvalue weighted by Gasteiger charge is -2.06. The molecular formula is C11H8ClN3O3. The van der Waals surface area contributed by atoms with Crippen molar-refractivity contribution < 1.29 is 9.90 Å². The molecule has 0 bridgehead atoms. The quantitative estimate of drug-likeness (QED) is 0.787. The van der Waals surface area contributed by atoms with Gasteiger partial charge in [-0.25, -0.2) is 9.89 Å². The van der Waals surface area contributed by atoms with Gasteiger partial charge in [0.1, 0.15) is 5.56 Å². The lowest BCUT2D eigenvalue weighted by Crippen LogP contribution is -2.19. The van der Waals surface area contributed by atoms with Crippen LogP contribution in [0.5, 0.6) is 0 Å². The molecule has 0 aliphatic rings. The minimum Gasteiger partial charge on any atom is -0.477 e. The minimum atomic E-state index is -1.32. The highest BCUT2D eigenvalue weighted by atomic mass is 35.5. The average molecular weight is 266 g/mol. The molecule has 2 aromatic rings. The Bertz CT molecular complexity index is 654. The standard InChI is InChI=1S/C11H8ClN3O3/c12-7-3-1-2-4-8(7)13-9-5-6(11(17)18)10(16)15-14-9/h1-5H,(H,13,14)(H,15,16)(H,17,18). The van der Waals surface area contributed by atoms with Gasteiger partial charge in [-0.3, -0.25) is 4.79 Å². The molecule has 0 fully saturated rings. The third-order valence-electron chi connectivity index (χ3n) is 2.17. The molecule has 6 nitrogen and oxygen atoms in total. The minimum absolute atomic E-state index is 0.195. The van der Waals surface area contributed by atoms with E-state index in [1.54, 1.807) is 24.3 Å². The van der Waals surface area contributed by atoms with Gasteiger partial charge in [0.25, 0.3) is 5.56 Å². The topological polar surface area (TPSA) is 95.1 Å². The van der Waals surface area contributed by atoms with Crippen LogP contribution in [0.2, 0.25) is 5.02 Å². The summed E-state index contributed by atoms with van der Waals surface area (Å²) in [6.07, 6.45) is 0. The van der Waals surface area contributed by atoms with Crippen LogP contribution in [0.4, 0.5) is 11.5 Å². The molecule has 0 unspecified atom stereocenters. The number of carboxylic acids is 1. The predicted octanol–water partition coefficient (Wildman–Crippen LogP) is 1.87. The molecule has 0 atom stereocenters. The first-order valence-electron chi connectivity index (χ1n) is 4.92. The molecule has 0 spiro atoms. The molecule has 0 saturated carbocycles. The van der Waals surface area contributed by atoms with E-state index in [4.69, 9.17) is 16.7 Å². The number of carbonyl (C=O) groups is 1. The Balaban J connectivity index is 2.36. The van der Waals surface area contributed by atoms with Crippen LogP contribution in [-0.4, -0.2) is 21.3 Å². The molecule has 1 heterocycles. The van der Waals surface area contributed by atoms with Gasteiger partial charge in [-0.2, -0.15) is 5.10 Å². The van der Waals surface area contributed by atoms with E-state index in [-0.39, 0.29) is 11.4 Å². The van der Waals surface area contributed by atoms with Gasteiger partial charge in [-0.1, -0.05) is 23.7 Å². The number of H-pyrrole nitrogens is 1. The van der Waals surface area contributed by atoms with E-state index >= 15 is 0 Å². The molecule has 0 aliphatic heterocycles. The lowest BCUT2D eigenvalue weighted by molar-refractivity contribution is 0.0694. The SMILES string of the molecule is O=C(O)c1cc(Nc2ccccc2Cl)n[nH]c1=O. The fraction of sp³-hybridized carbons (Fsp3) is 0. The van der Waals surface area contributed by atoms with Gasteiger partial charge >= 0.3 is 5.97 Å². The normalized spacial score (nSPS) is 10.1. The highest BCUT2D eigenvalue weighted by Crippen LogP contribution is 2.23. The number of hydrogen-bond donors (Lipinski definition) is 3. The second-order valence-corrected chi connectivity index (χ2v) is 3.81. The van der Waals surface area contributed by atoms with Crippen LogP contribution in [0, 0.1) is 0 Å². The summed E-state index contributed by atoms with van der Waals surface area (Å²) in [5, 5.41) is 17.9. The number of benzene rings is 1. The van der Waals surface area contributed by atoms with E-state index in [2.05, 4.69) is 15.5 Å². The maximum Gasteiger partial charge on any atom is 0.341 e. The number of nitrogens with zero attached hydrogens (tertiary/aromatic N) is 1. The van der Waals surface area contributed by atoms with Crippen LogP contribution < -0.4 is 10.9 Å². The molecule has 7 heteroatoms. The largest absolute Gasteiger partial charge is 0.477 e. The van der Waals surface area contributed by atoms with Gasteiger partial charge in [0, 0.05) is 6.07 Å². The zero-order chi connectivity index (χ0) is 13.1. The highest BCUT2D eigenvalue weighted by Gasteiger charge is 2.10. The number of aromatic amines is 1. The summed E-state index contributed by atoms with van der Waals surface area (Å²) in [4.78, 5) is 22.0. The molecule has 2 rings (SSSR count). The molecule has 0 saturated heterocycles. The number of anilines is 2. The number of halogens is 1. The van der Waals surface area contributed by atoms with E-state index < -0.39 is 11.5 Å². The summed E-state index contributed by atoms with van der Waals surface area (Å²) < 4.78 is 0. The first kappa shape index (κ1) is 12.1. The van der Waals surface area contributed by atoms with Gasteiger partial charge < -0.3 is 10.4 Å². The molecule has 18 heavy (non-hydrogen) atoms. The maximum absolute atomic E-state index is 11.2. The molecule has 0 amide bonds. The number of carboxylic acid groups (broad SMARTS) is 1. The Morgan fingerprint density at radius 2 is 2.11 bits per heavy atom. The maximum atomic E-state index is 11.2. The molecule has 3 N–H and O–H groups in total. The summed E-state index contributed by atoms with van der Waals surface area (Å²) >= 11 is 5.93. The van der Waals surface area contributed by atoms with Crippen LogP contribution in [0.1, 0.15) is 10.4 Å². The van der Waals surface area contributed by atoms with Crippen LogP contribution >= 0.6 is 11.6 Å². The number of para-hydroxylation sites is 1. The average Bonchev–Trinajstić information content (AvgIpc) is 2.34. The van der Waals surface area contributed by atoms with E-state index in [0.717, 1.165) is 6.07 Å². The van der Waals surface area contributed by atoms with Crippen LogP contribution in [-0.2, 0) is 0 Å². The number of nitrogens with one attached hydrogen (secondary N) is 2. The Labute approximate surface area is 106 Å². The summed E-state index contributed by atoms with van der Waals surface area (Å²) in [6.45, 7) is 0. The van der Waals surface area contributed by atoms with E-state index in [1.807, 2.05) is 0 Å². The second kappa shape index (κ2) is 4.89. The molecule has 92 valence electrons. The van der Waals surface area contributed by atoms with E-state index in [1.165, 1.54) is 0 Å². The van der Waals surface area contributed by atoms with Gasteiger partial charge in [0.05, 0.1) is 10.7 Å². The van der Waals surface area contributed by atoms with Crippen molar-refractivity contribution in [1.82, 2.24) is 10.2 Å². The zero-order valence-corrected chi connectivity index (χ0v) is 9.73. The van der Waals surface area contributed by atoms with Gasteiger partial charge in [-0.15, -0.1) is 0 Å². The first-order valence-corrected chi connectivity index (χ1v) is 5.30. The molecule has 0 aliphatic carbocycles. The van der Waals surface area contributed by atoms with Crippen molar-refractivity contribution >= 4 is 29.1 Å². The molecule has 0 radical (unpaired) electrons. The third-order valence-corrected chi connectivity index (χ3v) is 2.50. The summed E-state index contributed by atoms with van der Waals surface area (Å²) in [5.74, 6) is -1.12. The van der Waals surface area contributed by atoms with E-state index in [0.29, 0.717) is 10.7 Å². The van der Waals surface area contributed by atoms with Crippen molar-refractivity contribution in [2.45, 2.75) is 0 Å². The molecular weight excluding hydrogens is 258 g/mol. The number of aromatic nitrogens is 2. The zero-order valence-electron chi connectivity index (χ0n) is 8.98. The smallest absolute Gasteiger partial charge is 0.341 e. The number of aromatic carboxylic acids is 1. The lowest BCUT2D eigenvalue weighted by atomic mass is 10.3. The van der Waals surface area contributed by atoms with Crippen molar-refractivity contribution in [2.24, 2.45) is 0 Å². The van der Waals surface area contributed by atoms with Crippen molar-refractivity contribution in [3.05, 3.63) is 51.3 Å². The number of hydrogen-bond acceptors (Lipinski definition) is 4. The van der Waals surface area contributed by atoms with Crippen molar-refractivity contribution in [3.8, 4) is 0 Å². The Morgan fingerprint density at radius 1 is 1.39 bits per heavy atom. The fourth-order valence-electron chi connectivity index (χ4n) is 1.33. The van der Waals surface area contributed by atoms with Gasteiger partial charge in [0.2, 0.25) is 0 Å². The predicted molar refractivity (Wildman–Crippen MR) is 66.6 cm³/mol. The Hall–Kier alpha value is -2.34. The van der Waals surface area contributed by atoms with Crippen molar-refractivity contribution in [3.63, 3.8) is 0 Å². The van der Waals surface area contributed by atoms with Crippen LogP contribution in [0.25, 0.3) is 0 Å². The van der Waals surface area contributed by atoms with Crippen LogP contribution in [0.3, 0.4) is 0 Å². The highest BCUT2D eigenvalue weighted by molar-refractivity contribution is 6.33. The van der Waals surface area contributed by atoms with Gasteiger partial charge in [0.15, 0.2) is 5.82 Å². The fourth-order valence-corrected chi connectivity index (χ4v) is 1.51. The van der Waals surface area contributed by atoms with Crippen molar-refractivity contribution in [1.29, 1.82) is 0 Å². The number of rotatable bonds is 3. The Morgan fingerprint density at radius 3 is 2.78 bits per heavy atom. The van der Waals surface area contributed by atoms with Crippen LogP contribution in [0.15, 0.2) is 35.1 Å². The second-order valence-electron chi connectivity index (χ2n) is 3.41. The van der Waals surface area contributed by atoms with Gasteiger partial charge in [-0.05, 0) is 12.1 Å². The summed E-state index contributed by atoms with van der Waals surface area (Å²) in [6, 6.07) is 8.04. The summed E-state index contributed by atoms with van der Waals surface area (Å²) in [5.41, 5.74) is -0.582. The third kappa shape index (κ3) is 2.49. The monoisotopic (exact) mass is 265 g/mol.